The van der Waals surface area contributed by atoms with Crippen molar-refractivity contribution in [2.45, 2.75) is 20.3 Å². The molecule has 5 heteroatoms. The summed E-state index contributed by atoms with van der Waals surface area (Å²) in [6.07, 6.45) is 0.956. The average molecular weight is 257 g/mol. The van der Waals surface area contributed by atoms with E-state index in [2.05, 4.69) is 29.4 Å². The summed E-state index contributed by atoms with van der Waals surface area (Å²) < 4.78 is 5.08. The number of nitrogens with one attached hydrogen (secondary N) is 2. The van der Waals surface area contributed by atoms with Gasteiger partial charge in [0.15, 0.2) is 0 Å². The lowest BCUT2D eigenvalue weighted by atomic mass is 9.90. The van der Waals surface area contributed by atoms with Crippen molar-refractivity contribution in [3.8, 4) is 0 Å². The smallest absolute Gasteiger partial charge is 0.234 e. The number of carbonyl (C=O) groups is 1. The maximum absolute atomic E-state index is 11.8. The van der Waals surface area contributed by atoms with Crippen LogP contribution in [0.4, 0.5) is 0 Å². The van der Waals surface area contributed by atoms with Crippen LogP contribution in [0.3, 0.4) is 0 Å². The van der Waals surface area contributed by atoms with E-state index in [9.17, 15) is 4.79 Å². The molecule has 18 heavy (non-hydrogen) atoms. The number of methoxy groups -OCH3 is 1. The number of ether oxygens (including phenoxy) is 1. The van der Waals surface area contributed by atoms with Crippen molar-refractivity contribution >= 4 is 5.91 Å². The van der Waals surface area contributed by atoms with Gasteiger partial charge in [-0.25, -0.2) is 0 Å². The highest BCUT2D eigenvalue weighted by molar-refractivity contribution is 5.78. The molecule has 0 radical (unpaired) electrons. The van der Waals surface area contributed by atoms with Crippen LogP contribution in [0.2, 0.25) is 0 Å². The third-order valence-electron chi connectivity index (χ3n) is 3.32. The number of piperazine rings is 1. The number of carbonyl (C=O) groups excluding carboxylic acids is 1. The third-order valence-corrected chi connectivity index (χ3v) is 3.32. The van der Waals surface area contributed by atoms with E-state index in [0.717, 1.165) is 39.2 Å². The van der Waals surface area contributed by atoms with Crippen molar-refractivity contribution in [1.29, 1.82) is 0 Å². The summed E-state index contributed by atoms with van der Waals surface area (Å²) in [7, 11) is 1.71. The van der Waals surface area contributed by atoms with Crippen LogP contribution >= 0.6 is 0 Å². The fraction of sp³-hybridized carbons (Fsp3) is 0.923. The zero-order valence-corrected chi connectivity index (χ0v) is 11.9. The highest BCUT2D eigenvalue weighted by Crippen LogP contribution is 2.18. The van der Waals surface area contributed by atoms with Crippen molar-refractivity contribution in [2.24, 2.45) is 5.41 Å². The van der Waals surface area contributed by atoms with Crippen molar-refractivity contribution in [3.63, 3.8) is 0 Å². The molecule has 2 N–H and O–H groups in total. The molecule has 0 saturated carbocycles. The number of hydrogen-bond donors (Lipinski definition) is 2. The first-order chi connectivity index (χ1) is 8.53. The Hall–Kier alpha value is -0.650. The van der Waals surface area contributed by atoms with Gasteiger partial charge in [0.25, 0.3) is 0 Å². The van der Waals surface area contributed by atoms with Gasteiger partial charge in [0.2, 0.25) is 5.91 Å². The summed E-state index contributed by atoms with van der Waals surface area (Å²) in [4.78, 5) is 14.0. The normalized spacial score (nSPS) is 17.7. The molecule has 1 heterocycles. The Kier molecular flexibility index (Phi) is 6.60. The second-order valence-corrected chi connectivity index (χ2v) is 5.71. The van der Waals surface area contributed by atoms with Crippen molar-refractivity contribution in [1.82, 2.24) is 15.5 Å². The summed E-state index contributed by atoms with van der Waals surface area (Å²) in [6.45, 7) is 10.1. The zero-order chi connectivity index (χ0) is 13.4. The Morgan fingerprint density at radius 3 is 2.67 bits per heavy atom. The fourth-order valence-electron chi connectivity index (χ4n) is 1.93. The van der Waals surface area contributed by atoms with E-state index >= 15 is 0 Å². The lowest BCUT2D eigenvalue weighted by Crippen LogP contribution is -2.48. The van der Waals surface area contributed by atoms with Gasteiger partial charge in [-0.3, -0.25) is 9.69 Å². The van der Waals surface area contributed by atoms with Crippen LogP contribution in [0.15, 0.2) is 0 Å². The number of hydrogen-bond acceptors (Lipinski definition) is 4. The largest absolute Gasteiger partial charge is 0.385 e. The first-order valence-corrected chi connectivity index (χ1v) is 6.72. The van der Waals surface area contributed by atoms with E-state index in [-0.39, 0.29) is 11.3 Å². The minimum absolute atomic E-state index is 0.0924. The van der Waals surface area contributed by atoms with Gasteiger partial charge in [-0.1, -0.05) is 13.8 Å². The van der Waals surface area contributed by atoms with Gasteiger partial charge in [0.1, 0.15) is 0 Å². The van der Waals surface area contributed by atoms with Crippen molar-refractivity contribution < 1.29 is 9.53 Å². The first-order valence-electron chi connectivity index (χ1n) is 6.72. The molecule has 1 aliphatic rings. The maximum atomic E-state index is 11.8. The Morgan fingerprint density at radius 1 is 1.39 bits per heavy atom. The summed E-state index contributed by atoms with van der Waals surface area (Å²) in [5.41, 5.74) is 0.0924. The van der Waals surface area contributed by atoms with Gasteiger partial charge in [0, 0.05) is 46.4 Å². The Bertz CT molecular complexity index is 251. The molecule has 1 amide bonds. The van der Waals surface area contributed by atoms with Gasteiger partial charge in [-0.05, 0) is 11.8 Å². The molecule has 1 rings (SSSR count). The van der Waals surface area contributed by atoms with Crippen molar-refractivity contribution in [3.05, 3.63) is 0 Å². The quantitative estimate of drug-likeness (QED) is 0.678. The number of rotatable bonds is 7. The van der Waals surface area contributed by atoms with Gasteiger partial charge in [0.05, 0.1) is 6.54 Å². The molecule has 0 aliphatic carbocycles. The Morgan fingerprint density at radius 2 is 2.06 bits per heavy atom. The molecule has 1 aliphatic heterocycles. The summed E-state index contributed by atoms with van der Waals surface area (Å²) in [5.74, 6) is 0.127. The van der Waals surface area contributed by atoms with E-state index in [0.29, 0.717) is 13.1 Å². The molecule has 0 aromatic heterocycles. The molecule has 0 atom stereocenters. The standard InChI is InChI=1S/C13H27N3O2/c1-13(2,4-9-18-3)11-15-12(17)10-16-7-5-14-6-8-16/h14H,4-11H2,1-3H3,(H,15,17). The van der Waals surface area contributed by atoms with Crippen LogP contribution in [0.5, 0.6) is 0 Å². The summed E-state index contributed by atoms with van der Waals surface area (Å²) >= 11 is 0. The highest BCUT2D eigenvalue weighted by atomic mass is 16.5. The number of amides is 1. The molecule has 5 nitrogen and oxygen atoms in total. The van der Waals surface area contributed by atoms with Crippen LogP contribution in [-0.2, 0) is 9.53 Å². The van der Waals surface area contributed by atoms with E-state index in [1.54, 1.807) is 7.11 Å². The van der Waals surface area contributed by atoms with Gasteiger partial charge < -0.3 is 15.4 Å². The first kappa shape index (κ1) is 15.4. The van der Waals surface area contributed by atoms with Crippen LogP contribution in [0, 0.1) is 5.41 Å². The summed E-state index contributed by atoms with van der Waals surface area (Å²) in [5, 5.41) is 6.30. The molecular weight excluding hydrogens is 230 g/mol. The molecule has 0 spiro atoms. The van der Waals surface area contributed by atoms with E-state index < -0.39 is 0 Å². The maximum Gasteiger partial charge on any atom is 0.234 e. The van der Waals surface area contributed by atoms with Crippen LogP contribution < -0.4 is 10.6 Å². The second-order valence-electron chi connectivity index (χ2n) is 5.71. The molecule has 0 aromatic rings. The SMILES string of the molecule is COCCC(C)(C)CNC(=O)CN1CCNCC1. The monoisotopic (exact) mass is 257 g/mol. The van der Waals surface area contributed by atoms with Crippen LogP contribution in [0.1, 0.15) is 20.3 Å². The van der Waals surface area contributed by atoms with Crippen LogP contribution in [0.25, 0.3) is 0 Å². The molecule has 0 aromatic carbocycles. The molecule has 1 fully saturated rings. The van der Waals surface area contributed by atoms with Gasteiger partial charge >= 0.3 is 0 Å². The van der Waals surface area contributed by atoms with Gasteiger partial charge in [-0.15, -0.1) is 0 Å². The molecule has 106 valence electrons. The predicted molar refractivity (Wildman–Crippen MR) is 72.6 cm³/mol. The number of nitrogens with zero attached hydrogens (tertiary/aromatic N) is 1. The second kappa shape index (κ2) is 7.71. The lowest BCUT2D eigenvalue weighted by Gasteiger charge is -2.28. The van der Waals surface area contributed by atoms with E-state index in [1.165, 1.54) is 0 Å². The molecule has 0 bridgehead atoms. The summed E-state index contributed by atoms with van der Waals surface area (Å²) in [6, 6.07) is 0. The van der Waals surface area contributed by atoms with E-state index in [1.807, 2.05) is 0 Å². The molecular formula is C13H27N3O2. The van der Waals surface area contributed by atoms with Gasteiger partial charge in [-0.2, -0.15) is 0 Å². The molecule has 0 unspecified atom stereocenters. The Labute approximate surface area is 110 Å². The average Bonchev–Trinajstić information content (AvgIpc) is 2.36. The zero-order valence-electron chi connectivity index (χ0n) is 11.9. The van der Waals surface area contributed by atoms with E-state index in [4.69, 9.17) is 4.74 Å². The van der Waals surface area contributed by atoms with Crippen molar-refractivity contribution in [2.75, 3.05) is 53.0 Å². The minimum Gasteiger partial charge on any atom is -0.385 e. The van der Waals surface area contributed by atoms with Crippen LogP contribution in [-0.4, -0.2) is 63.8 Å². The minimum atomic E-state index is 0.0924. The predicted octanol–water partition coefficient (Wildman–Crippen LogP) is 0.0705. The highest BCUT2D eigenvalue weighted by Gasteiger charge is 2.19. The molecule has 1 saturated heterocycles. The topological polar surface area (TPSA) is 53.6 Å². The fourth-order valence-corrected chi connectivity index (χ4v) is 1.93. The third kappa shape index (κ3) is 6.33. The lowest BCUT2D eigenvalue weighted by molar-refractivity contribution is -0.122. The Balaban J connectivity index is 2.19.